The van der Waals surface area contributed by atoms with Crippen LogP contribution < -0.4 is 0 Å². The Morgan fingerprint density at radius 3 is 1.63 bits per heavy atom. The van der Waals surface area contributed by atoms with Gasteiger partial charge in [0.25, 0.3) is 0 Å². The summed E-state index contributed by atoms with van der Waals surface area (Å²) in [5.74, 6) is 0. The first-order valence-electron chi connectivity index (χ1n) is 8.35. The van der Waals surface area contributed by atoms with Crippen molar-refractivity contribution in [2.24, 2.45) is 0 Å². The van der Waals surface area contributed by atoms with E-state index in [-0.39, 0.29) is 18.6 Å². The highest BCUT2D eigenvalue weighted by Gasteiger charge is 1.90. The number of halogens is 2. The van der Waals surface area contributed by atoms with Gasteiger partial charge in [0, 0.05) is 15.4 Å². The van der Waals surface area contributed by atoms with Gasteiger partial charge in [-0.1, -0.05) is 19.6 Å². The molecule has 0 N–H and O–H groups in total. The Balaban J connectivity index is 0.000000495. The Morgan fingerprint density at radius 2 is 1.21 bits per heavy atom. The molecule has 0 bridgehead atoms. The SMILES string of the molecule is C.Cc1ccc(I)cc1C.[2H]C([2H])([2H])c1ccc(I)cc1C([2H])([2H])[2H]. The minimum atomic E-state index is -2.38. The molecule has 0 radical (unpaired) electrons. The molecule has 2 aromatic carbocycles. The highest BCUT2D eigenvalue weighted by Crippen LogP contribution is 2.11. The van der Waals surface area contributed by atoms with Crippen LogP contribution in [0.15, 0.2) is 36.4 Å². The quantitative estimate of drug-likeness (QED) is 0.376. The third-order valence-electron chi connectivity index (χ3n) is 2.45. The molecular formula is C17H22I2. The molecule has 0 saturated carbocycles. The fraction of sp³-hybridized carbons (Fsp3) is 0.294. The summed E-state index contributed by atoms with van der Waals surface area (Å²) in [6.07, 6.45) is 0. The third-order valence-corrected chi connectivity index (χ3v) is 3.79. The van der Waals surface area contributed by atoms with E-state index in [9.17, 15) is 0 Å². The van der Waals surface area contributed by atoms with Crippen molar-refractivity contribution in [2.45, 2.75) is 35.0 Å². The maximum absolute atomic E-state index is 7.27. The van der Waals surface area contributed by atoms with Crippen LogP contribution in [-0.4, -0.2) is 0 Å². The van der Waals surface area contributed by atoms with Crippen LogP contribution >= 0.6 is 45.2 Å². The lowest BCUT2D eigenvalue weighted by Crippen LogP contribution is -1.79. The lowest BCUT2D eigenvalue weighted by Gasteiger charge is -1.97. The van der Waals surface area contributed by atoms with Crippen molar-refractivity contribution in [3.05, 3.63) is 65.8 Å². The van der Waals surface area contributed by atoms with Gasteiger partial charge in [-0.25, -0.2) is 0 Å². The molecule has 0 aromatic heterocycles. The molecular weight excluding hydrogens is 458 g/mol. The first-order chi connectivity index (χ1) is 10.8. The van der Waals surface area contributed by atoms with Gasteiger partial charge >= 0.3 is 0 Å². The first-order valence-corrected chi connectivity index (χ1v) is 7.51. The Bertz CT molecular complexity index is 705. The second kappa shape index (κ2) is 8.95. The molecule has 2 rings (SSSR count). The summed E-state index contributed by atoms with van der Waals surface area (Å²) in [5, 5.41) is 0. The highest BCUT2D eigenvalue weighted by atomic mass is 127. The van der Waals surface area contributed by atoms with Crippen LogP contribution in [-0.2, 0) is 0 Å². The summed E-state index contributed by atoms with van der Waals surface area (Å²) in [6, 6.07) is 10.8. The second-order valence-corrected chi connectivity index (χ2v) is 6.41. The fourth-order valence-corrected chi connectivity index (χ4v) is 2.36. The van der Waals surface area contributed by atoms with Gasteiger partial charge in [-0.3, -0.25) is 0 Å². The van der Waals surface area contributed by atoms with E-state index in [4.69, 9.17) is 8.22 Å². The number of hydrogen-bond acceptors (Lipinski definition) is 0. The van der Waals surface area contributed by atoms with Crippen molar-refractivity contribution < 1.29 is 8.22 Å². The van der Waals surface area contributed by atoms with Crippen molar-refractivity contribution in [1.82, 2.24) is 0 Å². The number of aryl methyl sites for hydroxylation is 4. The lowest BCUT2D eigenvalue weighted by molar-refractivity contribution is 1.33. The average Bonchev–Trinajstić information content (AvgIpc) is 2.41. The van der Waals surface area contributed by atoms with E-state index >= 15 is 0 Å². The van der Waals surface area contributed by atoms with Crippen LogP contribution in [0.5, 0.6) is 0 Å². The molecule has 104 valence electrons. The van der Waals surface area contributed by atoms with Crippen LogP contribution in [0, 0.1) is 34.7 Å². The van der Waals surface area contributed by atoms with Crippen LogP contribution in [0.2, 0.25) is 0 Å². The van der Waals surface area contributed by atoms with Crippen molar-refractivity contribution >= 4 is 45.2 Å². The molecule has 0 nitrogen and oxygen atoms in total. The Labute approximate surface area is 153 Å². The molecule has 0 atom stereocenters. The van der Waals surface area contributed by atoms with Gasteiger partial charge in [0.2, 0.25) is 0 Å². The molecule has 2 aromatic rings. The van der Waals surface area contributed by atoms with Crippen molar-refractivity contribution in [1.29, 1.82) is 0 Å². The third kappa shape index (κ3) is 6.75. The smallest absolute Gasteiger partial charge is 0.0280 e. The monoisotopic (exact) mass is 486 g/mol. The Hall–Kier alpha value is -0.100. The van der Waals surface area contributed by atoms with E-state index in [2.05, 4.69) is 54.6 Å². The Morgan fingerprint density at radius 1 is 0.737 bits per heavy atom. The summed E-state index contributed by atoms with van der Waals surface area (Å²) >= 11 is 4.28. The summed E-state index contributed by atoms with van der Waals surface area (Å²) < 4.78 is 45.6. The van der Waals surface area contributed by atoms with Crippen LogP contribution in [0.25, 0.3) is 0 Å². The summed E-state index contributed by atoms with van der Waals surface area (Å²) in [7, 11) is 0. The standard InChI is InChI=1S/2C8H9I.CH4/c2*1-6-3-4-8(9)5-7(6)2;/h2*3-5H,1-2H3;1H4/i1D3,2D3;;. The van der Waals surface area contributed by atoms with Gasteiger partial charge < -0.3 is 0 Å². The van der Waals surface area contributed by atoms with E-state index in [0.29, 0.717) is 3.57 Å². The Kier molecular flexibility index (Phi) is 4.99. The molecule has 0 aliphatic heterocycles. The summed E-state index contributed by atoms with van der Waals surface area (Å²) in [4.78, 5) is 0. The maximum atomic E-state index is 7.27. The number of benzene rings is 2. The number of rotatable bonds is 0. The van der Waals surface area contributed by atoms with Crippen molar-refractivity contribution in [2.75, 3.05) is 0 Å². The molecule has 0 aliphatic rings. The van der Waals surface area contributed by atoms with Crippen molar-refractivity contribution in [3.8, 4) is 0 Å². The molecule has 0 spiro atoms. The van der Waals surface area contributed by atoms with Crippen LogP contribution in [0.4, 0.5) is 0 Å². The molecule has 0 fully saturated rings. The van der Waals surface area contributed by atoms with Gasteiger partial charge in [-0.05, 0) is 119 Å². The molecule has 0 amide bonds. The highest BCUT2D eigenvalue weighted by molar-refractivity contribution is 14.1. The predicted molar refractivity (Wildman–Crippen MR) is 104 cm³/mol. The van der Waals surface area contributed by atoms with E-state index in [1.807, 2.05) is 22.6 Å². The fourth-order valence-electron chi connectivity index (χ4n) is 1.22. The summed E-state index contributed by atoms with van der Waals surface area (Å²) in [6.45, 7) is -0.498. The van der Waals surface area contributed by atoms with Crippen molar-refractivity contribution in [3.63, 3.8) is 0 Å². The lowest BCUT2D eigenvalue weighted by atomic mass is 10.1. The van der Waals surface area contributed by atoms with E-state index < -0.39 is 13.7 Å². The molecule has 0 aliphatic carbocycles. The van der Waals surface area contributed by atoms with Gasteiger partial charge in [0.05, 0.1) is 0 Å². The van der Waals surface area contributed by atoms with Crippen LogP contribution in [0.3, 0.4) is 0 Å². The van der Waals surface area contributed by atoms with E-state index in [1.165, 1.54) is 26.8 Å². The molecule has 0 saturated heterocycles. The normalized spacial score (nSPS) is 15.2. The topological polar surface area (TPSA) is 0 Å². The van der Waals surface area contributed by atoms with Gasteiger partial charge in [-0.2, -0.15) is 0 Å². The predicted octanol–water partition coefficient (Wildman–Crippen LogP) is 6.45. The van der Waals surface area contributed by atoms with Gasteiger partial charge in [0.1, 0.15) is 0 Å². The largest absolute Gasteiger partial charge is 0.0776 e. The second-order valence-electron chi connectivity index (χ2n) is 3.92. The molecule has 2 heteroatoms. The molecule has 19 heavy (non-hydrogen) atoms. The zero-order valence-corrected chi connectivity index (χ0v) is 14.5. The molecule has 0 unspecified atom stereocenters. The zero-order valence-electron chi connectivity index (χ0n) is 16.2. The van der Waals surface area contributed by atoms with Crippen LogP contribution in [0.1, 0.15) is 37.9 Å². The number of hydrogen-bond donors (Lipinski definition) is 0. The molecule has 0 heterocycles. The average molecular weight is 486 g/mol. The maximum Gasteiger partial charge on any atom is 0.0280 e. The minimum absolute atomic E-state index is 0. The summed E-state index contributed by atoms with van der Waals surface area (Å²) in [5.41, 5.74) is 2.56. The minimum Gasteiger partial charge on any atom is -0.0776 e. The van der Waals surface area contributed by atoms with E-state index in [0.717, 1.165) is 0 Å². The zero-order chi connectivity index (χ0) is 18.7. The first kappa shape index (κ1) is 10.6. The van der Waals surface area contributed by atoms with Gasteiger partial charge in [-0.15, -0.1) is 0 Å². The van der Waals surface area contributed by atoms with E-state index in [1.54, 1.807) is 6.07 Å². The van der Waals surface area contributed by atoms with Gasteiger partial charge in [0.15, 0.2) is 0 Å².